The van der Waals surface area contributed by atoms with E-state index in [9.17, 15) is 8.78 Å². The van der Waals surface area contributed by atoms with Gasteiger partial charge in [-0.2, -0.15) is 10.2 Å². The van der Waals surface area contributed by atoms with Gasteiger partial charge in [0.2, 0.25) is 0 Å². The highest BCUT2D eigenvalue weighted by molar-refractivity contribution is 6.15. The van der Waals surface area contributed by atoms with Crippen molar-refractivity contribution >= 4 is 23.8 Å². The Morgan fingerprint density at radius 3 is 2.36 bits per heavy atom. The molecule has 0 spiro atoms. The van der Waals surface area contributed by atoms with Gasteiger partial charge in [-0.15, -0.1) is 0 Å². The number of nitrogens with one attached hydrogen (secondary N) is 1. The predicted octanol–water partition coefficient (Wildman–Crippen LogP) is 5.53. The number of likely N-dealkylation sites (tertiary alicyclic amines) is 1. The molecule has 2 heterocycles. The molecule has 176 valence electrons. The average Bonchev–Trinajstić information content (AvgIpc) is 3.35. The Balaban J connectivity index is 0.000000235. The number of aliphatic imine (C=N–C) groups is 1. The summed E-state index contributed by atoms with van der Waals surface area (Å²) < 4.78 is 25.1. The van der Waals surface area contributed by atoms with Crippen LogP contribution in [0, 0.1) is 5.92 Å². The fraction of sp³-hybridized carbons (Fsp3) is 0.423. The zero-order chi connectivity index (χ0) is 23.5. The lowest BCUT2D eigenvalue weighted by molar-refractivity contribution is 0.197. The maximum atomic E-state index is 12.5. The number of benzene rings is 2. The topological polar surface area (TPSA) is 52.4 Å². The molecule has 0 bridgehead atoms. The maximum Gasteiger partial charge on any atom is 0.278 e. The van der Waals surface area contributed by atoms with E-state index in [4.69, 9.17) is 0 Å². The third-order valence-corrected chi connectivity index (χ3v) is 5.91. The molecule has 2 aromatic carbocycles. The Labute approximate surface area is 195 Å². The van der Waals surface area contributed by atoms with Crippen LogP contribution in [0.3, 0.4) is 0 Å². The number of para-hydroxylation sites is 1. The van der Waals surface area contributed by atoms with E-state index in [1.807, 2.05) is 54.6 Å². The molecule has 0 saturated carbocycles. The van der Waals surface area contributed by atoms with Crippen molar-refractivity contribution in [3.8, 4) is 0 Å². The molecule has 2 aliphatic rings. The third-order valence-electron chi connectivity index (χ3n) is 5.91. The van der Waals surface area contributed by atoms with E-state index >= 15 is 0 Å². The van der Waals surface area contributed by atoms with Crippen molar-refractivity contribution in [3.63, 3.8) is 0 Å². The summed E-state index contributed by atoms with van der Waals surface area (Å²) in [5.41, 5.74) is 3.44. The van der Waals surface area contributed by atoms with E-state index in [-0.39, 0.29) is 12.1 Å². The Bertz CT molecular complexity index is 917. The van der Waals surface area contributed by atoms with E-state index in [1.165, 1.54) is 25.9 Å². The lowest BCUT2D eigenvalue weighted by Gasteiger charge is -2.29. The quantitative estimate of drug-likeness (QED) is 0.534. The summed E-state index contributed by atoms with van der Waals surface area (Å²) >= 11 is 0. The molecule has 4 rings (SSSR count). The van der Waals surface area contributed by atoms with Gasteiger partial charge in [0.1, 0.15) is 5.71 Å². The molecule has 1 fully saturated rings. The molecule has 5 nitrogen and oxygen atoms in total. The predicted molar refractivity (Wildman–Crippen MR) is 134 cm³/mol. The highest BCUT2D eigenvalue weighted by atomic mass is 19.3. The number of anilines is 1. The third kappa shape index (κ3) is 8.17. The van der Waals surface area contributed by atoms with Crippen molar-refractivity contribution < 1.29 is 8.78 Å². The van der Waals surface area contributed by atoms with Gasteiger partial charge in [-0.1, -0.05) is 49.4 Å². The second-order valence-corrected chi connectivity index (χ2v) is 8.50. The van der Waals surface area contributed by atoms with Crippen molar-refractivity contribution in [2.45, 2.75) is 39.2 Å². The Hall–Kier alpha value is -2.93. The van der Waals surface area contributed by atoms with Gasteiger partial charge >= 0.3 is 0 Å². The Morgan fingerprint density at radius 2 is 1.76 bits per heavy atom. The minimum absolute atomic E-state index is 0.124. The first-order valence-corrected chi connectivity index (χ1v) is 11.5. The lowest BCUT2D eigenvalue weighted by atomic mass is 9.99. The first-order valence-electron chi connectivity index (χ1n) is 11.5. The summed E-state index contributed by atoms with van der Waals surface area (Å²) in [5.74, 6) is 0.933. The van der Waals surface area contributed by atoms with Crippen LogP contribution in [-0.2, 0) is 6.54 Å². The van der Waals surface area contributed by atoms with E-state index in [1.54, 1.807) is 0 Å². The molecular formula is C26H33F2N5. The number of hydrogen-bond acceptors (Lipinski definition) is 5. The van der Waals surface area contributed by atoms with Crippen LogP contribution in [0.25, 0.3) is 0 Å². The van der Waals surface area contributed by atoms with Crippen molar-refractivity contribution in [1.82, 2.24) is 4.90 Å². The monoisotopic (exact) mass is 453 g/mol. The van der Waals surface area contributed by atoms with Crippen LogP contribution in [0.5, 0.6) is 0 Å². The first-order chi connectivity index (χ1) is 16.0. The number of piperidine rings is 1. The summed E-state index contributed by atoms with van der Waals surface area (Å²) in [6.45, 7) is 11.0. The molecule has 1 N–H and O–H groups in total. The molecule has 7 heteroatoms. The zero-order valence-electron chi connectivity index (χ0n) is 19.3. The van der Waals surface area contributed by atoms with Crippen LogP contribution >= 0.6 is 0 Å². The summed E-state index contributed by atoms with van der Waals surface area (Å²) in [6.07, 6.45) is 0.309. The van der Waals surface area contributed by atoms with Gasteiger partial charge < -0.3 is 10.2 Å². The van der Waals surface area contributed by atoms with Gasteiger partial charge in [0, 0.05) is 25.2 Å². The largest absolute Gasteiger partial charge is 0.381 e. The van der Waals surface area contributed by atoms with Crippen LogP contribution in [0.4, 0.5) is 14.5 Å². The van der Waals surface area contributed by atoms with E-state index in [2.05, 4.69) is 39.1 Å². The number of alkyl halides is 2. The zero-order valence-corrected chi connectivity index (χ0v) is 19.3. The number of hydrogen-bond donors (Lipinski definition) is 1. The summed E-state index contributed by atoms with van der Waals surface area (Å²) in [7, 11) is 0. The fourth-order valence-corrected chi connectivity index (χ4v) is 3.72. The van der Waals surface area contributed by atoms with Crippen LogP contribution in [0.15, 0.2) is 69.8 Å². The normalized spacial score (nSPS) is 16.6. The van der Waals surface area contributed by atoms with Gasteiger partial charge in [0.25, 0.3) is 6.43 Å². The first kappa shape index (κ1) is 24.7. The molecule has 2 aromatic rings. The smallest absolute Gasteiger partial charge is 0.278 e. The molecule has 0 unspecified atom stereocenters. The summed E-state index contributed by atoms with van der Waals surface area (Å²) in [5, 5.41) is 10.7. The second kappa shape index (κ2) is 12.9. The Morgan fingerprint density at radius 1 is 1.06 bits per heavy atom. The fourth-order valence-electron chi connectivity index (χ4n) is 3.72. The van der Waals surface area contributed by atoms with E-state index in [0.29, 0.717) is 12.3 Å². The SMILES string of the molecule is C=NCCN1CCC(C)CC1.FC(F)C1=NN=C(c2ccc(CNc3ccccc3)cc2)C1. The number of rotatable bonds is 8. The molecule has 0 aromatic heterocycles. The average molecular weight is 454 g/mol. The van der Waals surface area contributed by atoms with Crippen molar-refractivity contribution in [2.75, 3.05) is 31.5 Å². The minimum atomic E-state index is -2.53. The number of halogens is 2. The summed E-state index contributed by atoms with van der Waals surface area (Å²) in [6, 6.07) is 17.7. The molecule has 33 heavy (non-hydrogen) atoms. The Kier molecular flexibility index (Phi) is 9.69. The van der Waals surface area contributed by atoms with Gasteiger partial charge in [0.05, 0.1) is 12.3 Å². The number of nitrogens with zero attached hydrogens (tertiary/aromatic N) is 4. The van der Waals surface area contributed by atoms with Crippen LogP contribution in [0.1, 0.15) is 37.3 Å². The molecular weight excluding hydrogens is 420 g/mol. The molecule has 0 aliphatic carbocycles. The summed E-state index contributed by atoms with van der Waals surface area (Å²) in [4.78, 5) is 6.34. The van der Waals surface area contributed by atoms with Crippen molar-refractivity contribution in [2.24, 2.45) is 21.1 Å². The maximum absolute atomic E-state index is 12.5. The molecule has 1 saturated heterocycles. The van der Waals surface area contributed by atoms with Crippen molar-refractivity contribution in [1.29, 1.82) is 0 Å². The van der Waals surface area contributed by atoms with Crippen LogP contribution < -0.4 is 5.32 Å². The highest BCUT2D eigenvalue weighted by Gasteiger charge is 2.21. The lowest BCUT2D eigenvalue weighted by Crippen LogP contribution is -2.34. The molecule has 2 aliphatic heterocycles. The van der Waals surface area contributed by atoms with Gasteiger partial charge in [-0.25, -0.2) is 8.78 Å². The highest BCUT2D eigenvalue weighted by Crippen LogP contribution is 2.17. The second-order valence-electron chi connectivity index (χ2n) is 8.50. The van der Waals surface area contributed by atoms with Crippen molar-refractivity contribution in [3.05, 3.63) is 65.7 Å². The van der Waals surface area contributed by atoms with Crippen LogP contribution in [-0.4, -0.2) is 55.6 Å². The molecule has 0 radical (unpaired) electrons. The minimum Gasteiger partial charge on any atom is -0.381 e. The van der Waals surface area contributed by atoms with Gasteiger partial charge in [0.15, 0.2) is 0 Å². The van der Waals surface area contributed by atoms with E-state index < -0.39 is 6.43 Å². The molecule has 0 atom stereocenters. The van der Waals surface area contributed by atoms with E-state index in [0.717, 1.165) is 35.8 Å². The van der Waals surface area contributed by atoms with Gasteiger partial charge in [-0.3, -0.25) is 4.99 Å². The van der Waals surface area contributed by atoms with Crippen LogP contribution in [0.2, 0.25) is 0 Å². The molecule has 0 amide bonds. The standard InChI is InChI=1S/C17H15F2N3.C9H18N2/c18-17(19)16-10-15(21-22-16)13-8-6-12(7-9-13)11-20-14-4-2-1-3-5-14;1-9-3-6-11(7-4-9)8-5-10-2/h1-9,17,20H,10-11H2;9H,2-8H2,1H3. The van der Waals surface area contributed by atoms with Gasteiger partial charge in [-0.05, 0) is 61.8 Å².